The lowest BCUT2D eigenvalue weighted by Gasteiger charge is -2.35. The van der Waals surface area contributed by atoms with Gasteiger partial charge in [-0.2, -0.15) is 0 Å². The van der Waals surface area contributed by atoms with E-state index >= 15 is 0 Å². The van der Waals surface area contributed by atoms with Crippen LogP contribution in [0.15, 0.2) is 42.5 Å². The van der Waals surface area contributed by atoms with Crippen LogP contribution in [-0.4, -0.2) is 61.4 Å². The third kappa shape index (κ3) is 3.35. The Bertz CT molecular complexity index is 885. The molecule has 0 aromatic heterocycles. The Balaban J connectivity index is 1.50. The normalized spacial score (nSPS) is 17.6. The van der Waals surface area contributed by atoms with E-state index in [1.807, 2.05) is 25.1 Å². The fraction of sp³-hybridized carbons (Fsp3) is 0.364. The van der Waals surface area contributed by atoms with Gasteiger partial charge in [0.2, 0.25) is 0 Å². The molecule has 0 aliphatic carbocycles. The van der Waals surface area contributed by atoms with E-state index < -0.39 is 0 Å². The van der Waals surface area contributed by atoms with Crippen molar-refractivity contribution in [3.05, 3.63) is 64.7 Å². The summed E-state index contributed by atoms with van der Waals surface area (Å²) in [6.45, 7) is 6.45. The Morgan fingerprint density at radius 1 is 0.889 bits per heavy atom. The van der Waals surface area contributed by atoms with E-state index in [0.717, 1.165) is 31.7 Å². The minimum atomic E-state index is -0.174. The quantitative estimate of drug-likeness (QED) is 0.783. The number of hydrogen-bond donors (Lipinski definition) is 0. The molecule has 0 unspecified atom stereocenters. The van der Waals surface area contributed by atoms with Crippen LogP contribution in [0.4, 0.5) is 5.69 Å². The third-order valence-corrected chi connectivity index (χ3v) is 5.57. The Labute approximate surface area is 160 Å². The molecule has 4 rings (SSSR count). The molecule has 2 amide bonds. The highest BCUT2D eigenvalue weighted by Gasteiger charge is 2.35. The second kappa shape index (κ2) is 7.16. The maximum atomic E-state index is 12.7. The van der Waals surface area contributed by atoms with E-state index in [1.165, 1.54) is 16.2 Å². The second-order valence-corrected chi connectivity index (χ2v) is 7.48. The number of para-hydroxylation sites is 1. The van der Waals surface area contributed by atoms with Crippen molar-refractivity contribution in [3.8, 4) is 0 Å². The molecular weight excluding hydrogens is 338 g/mol. The maximum absolute atomic E-state index is 12.7. The molecule has 5 heteroatoms. The summed E-state index contributed by atoms with van der Waals surface area (Å²) in [5.74, 6) is -0.345. The first kappa shape index (κ1) is 17.7. The van der Waals surface area contributed by atoms with Gasteiger partial charge in [-0.25, -0.2) is 0 Å². The molecule has 0 spiro atoms. The summed E-state index contributed by atoms with van der Waals surface area (Å²) in [4.78, 5) is 31.5. The number of anilines is 1. The molecule has 2 heterocycles. The van der Waals surface area contributed by atoms with Crippen LogP contribution in [0, 0.1) is 6.92 Å². The predicted molar refractivity (Wildman–Crippen MR) is 106 cm³/mol. The van der Waals surface area contributed by atoms with E-state index in [2.05, 4.69) is 35.0 Å². The summed E-state index contributed by atoms with van der Waals surface area (Å²) < 4.78 is 0. The fourth-order valence-corrected chi connectivity index (χ4v) is 3.92. The first-order valence-corrected chi connectivity index (χ1v) is 9.53. The first-order valence-electron chi connectivity index (χ1n) is 9.53. The molecule has 0 atom stereocenters. The lowest BCUT2D eigenvalue weighted by Crippen LogP contribution is -2.44. The molecule has 2 aromatic carbocycles. The molecular formula is C22H25N3O2. The Hall–Kier alpha value is -2.66. The summed E-state index contributed by atoms with van der Waals surface area (Å²) in [6.07, 6.45) is 0.674. The number of benzene rings is 2. The number of nitrogens with zero attached hydrogens (tertiary/aromatic N) is 3. The van der Waals surface area contributed by atoms with E-state index in [1.54, 1.807) is 6.07 Å². The van der Waals surface area contributed by atoms with Crippen LogP contribution in [0.3, 0.4) is 0 Å². The van der Waals surface area contributed by atoms with Crippen molar-refractivity contribution in [3.63, 3.8) is 0 Å². The number of hydrogen-bond acceptors (Lipinski definition) is 4. The SMILES string of the molecule is Cc1ccc2c(c1)C(=O)N(CCc1ccccc1N1CCN(C)CC1)C2=O. The van der Waals surface area contributed by atoms with Crippen molar-refractivity contribution >= 4 is 17.5 Å². The van der Waals surface area contributed by atoms with Crippen molar-refractivity contribution in [1.29, 1.82) is 0 Å². The molecule has 2 aliphatic heterocycles. The van der Waals surface area contributed by atoms with Gasteiger partial charge in [-0.1, -0.05) is 29.8 Å². The average Bonchev–Trinajstić information content (AvgIpc) is 2.91. The minimum absolute atomic E-state index is 0.171. The Morgan fingerprint density at radius 3 is 2.37 bits per heavy atom. The third-order valence-electron chi connectivity index (χ3n) is 5.57. The number of fused-ring (bicyclic) bond motifs is 1. The monoisotopic (exact) mass is 363 g/mol. The van der Waals surface area contributed by atoms with Gasteiger partial charge >= 0.3 is 0 Å². The van der Waals surface area contributed by atoms with Gasteiger partial charge in [0.1, 0.15) is 0 Å². The van der Waals surface area contributed by atoms with Crippen molar-refractivity contribution in [2.75, 3.05) is 44.7 Å². The summed E-state index contributed by atoms with van der Waals surface area (Å²) in [7, 11) is 2.15. The number of likely N-dealkylation sites (N-methyl/N-ethyl adjacent to an activating group) is 1. The number of piperazine rings is 1. The predicted octanol–water partition coefficient (Wildman–Crippen LogP) is 2.59. The Morgan fingerprint density at radius 2 is 1.59 bits per heavy atom. The van der Waals surface area contributed by atoms with Crippen LogP contribution < -0.4 is 4.90 Å². The number of rotatable bonds is 4. The Kier molecular flexibility index (Phi) is 4.70. The zero-order valence-corrected chi connectivity index (χ0v) is 15.9. The van der Waals surface area contributed by atoms with E-state index in [0.29, 0.717) is 24.1 Å². The molecule has 2 aromatic rings. The van der Waals surface area contributed by atoms with Crippen LogP contribution in [0.1, 0.15) is 31.8 Å². The van der Waals surface area contributed by atoms with Crippen LogP contribution in [-0.2, 0) is 6.42 Å². The molecule has 0 N–H and O–H groups in total. The van der Waals surface area contributed by atoms with E-state index in [4.69, 9.17) is 0 Å². The zero-order chi connectivity index (χ0) is 19.0. The van der Waals surface area contributed by atoms with Gasteiger partial charge in [0, 0.05) is 38.4 Å². The smallest absolute Gasteiger partial charge is 0.261 e. The lowest BCUT2D eigenvalue weighted by molar-refractivity contribution is 0.0656. The van der Waals surface area contributed by atoms with Crippen LogP contribution in [0.5, 0.6) is 0 Å². The summed E-state index contributed by atoms with van der Waals surface area (Å²) in [5, 5.41) is 0. The van der Waals surface area contributed by atoms with Crippen LogP contribution in [0.25, 0.3) is 0 Å². The highest BCUT2D eigenvalue weighted by molar-refractivity contribution is 6.21. The highest BCUT2D eigenvalue weighted by Crippen LogP contribution is 2.26. The summed E-state index contributed by atoms with van der Waals surface area (Å²) >= 11 is 0. The number of carbonyl (C=O) groups is 2. The molecule has 140 valence electrons. The fourth-order valence-electron chi connectivity index (χ4n) is 3.92. The zero-order valence-electron chi connectivity index (χ0n) is 15.9. The molecule has 1 fully saturated rings. The van der Waals surface area contributed by atoms with Gasteiger partial charge in [0.25, 0.3) is 11.8 Å². The maximum Gasteiger partial charge on any atom is 0.261 e. The molecule has 2 aliphatic rings. The van der Waals surface area contributed by atoms with Crippen molar-refractivity contribution in [2.45, 2.75) is 13.3 Å². The van der Waals surface area contributed by atoms with Gasteiger partial charge in [0.05, 0.1) is 11.1 Å². The molecule has 0 radical (unpaired) electrons. The molecule has 1 saturated heterocycles. The number of imide groups is 1. The van der Waals surface area contributed by atoms with E-state index in [9.17, 15) is 9.59 Å². The van der Waals surface area contributed by atoms with Crippen molar-refractivity contribution in [1.82, 2.24) is 9.80 Å². The summed E-state index contributed by atoms with van der Waals surface area (Å²) in [5.41, 5.74) is 4.47. The van der Waals surface area contributed by atoms with Crippen molar-refractivity contribution in [2.24, 2.45) is 0 Å². The van der Waals surface area contributed by atoms with Gasteiger partial charge in [-0.3, -0.25) is 14.5 Å². The summed E-state index contributed by atoms with van der Waals surface area (Å²) in [6, 6.07) is 13.8. The largest absolute Gasteiger partial charge is 0.369 e. The standard InChI is InChI=1S/C22H25N3O2/c1-16-7-8-18-19(15-16)22(27)25(21(18)26)10-9-17-5-3-4-6-20(17)24-13-11-23(2)12-14-24/h3-8,15H,9-14H2,1-2H3. The highest BCUT2D eigenvalue weighted by atomic mass is 16.2. The number of aryl methyl sites for hydroxylation is 1. The average molecular weight is 363 g/mol. The van der Waals surface area contributed by atoms with E-state index in [-0.39, 0.29) is 11.8 Å². The van der Waals surface area contributed by atoms with Crippen LogP contribution in [0.2, 0.25) is 0 Å². The molecule has 5 nitrogen and oxygen atoms in total. The van der Waals surface area contributed by atoms with Gasteiger partial charge in [-0.05, 0) is 44.2 Å². The molecule has 0 bridgehead atoms. The number of carbonyl (C=O) groups excluding carboxylic acids is 2. The van der Waals surface area contributed by atoms with Gasteiger partial charge in [0.15, 0.2) is 0 Å². The minimum Gasteiger partial charge on any atom is -0.369 e. The van der Waals surface area contributed by atoms with Crippen LogP contribution >= 0.6 is 0 Å². The second-order valence-electron chi connectivity index (χ2n) is 7.48. The first-order chi connectivity index (χ1) is 13.0. The molecule has 0 saturated carbocycles. The van der Waals surface area contributed by atoms with Crippen molar-refractivity contribution < 1.29 is 9.59 Å². The topological polar surface area (TPSA) is 43.9 Å². The lowest BCUT2D eigenvalue weighted by atomic mass is 10.1. The molecule has 27 heavy (non-hydrogen) atoms. The van der Waals surface area contributed by atoms with Gasteiger partial charge in [-0.15, -0.1) is 0 Å². The van der Waals surface area contributed by atoms with Gasteiger partial charge < -0.3 is 9.80 Å². The number of amides is 2.